The van der Waals surface area contributed by atoms with Crippen molar-refractivity contribution in [1.29, 1.82) is 0 Å². The lowest BCUT2D eigenvalue weighted by atomic mass is 10.0. The van der Waals surface area contributed by atoms with Crippen LogP contribution >= 0.6 is 11.3 Å². The van der Waals surface area contributed by atoms with Crippen LogP contribution in [0.4, 0.5) is 0 Å². The quantitative estimate of drug-likeness (QED) is 0.645. The van der Waals surface area contributed by atoms with Gasteiger partial charge in [0, 0.05) is 13.2 Å². The largest absolute Gasteiger partial charge is 0.476 e. The molecule has 0 aliphatic carbocycles. The van der Waals surface area contributed by atoms with Crippen molar-refractivity contribution >= 4 is 27.3 Å². The molecule has 0 saturated heterocycles. The van der Waals surface area contributed by atoms with Gasteiger partial charge in [-0.05, 0) is 12.3 Å². The molecule has 1 rings (SSSR count). The van der Waals surface area contributed by atoms with Gasteiger partial charge in [-0.25, -0.2) is 22.9 Å². The fourth-order valence-corrected chi connectivity index (χ4v) is 3.79. The van der Waals surface area contributed by atoms with Crippen LogP contribution in [0.15, 0.2) is 9.72 Å². The maximum absolute atomic E-state index is 12.0. The molecule has 0 aliphatic heterocycles. The Kier molecular flexibility index (Phi) is 5.85. The van der Waals surface area contributed by atoms with E-state index in [2.05, 4.69) is 9.71 Å². The number of aliphatic hydroxyl groups is 1. The highest BCUT2D eigenvalue weighted by atomic mass is 32.2. The van der Waals surface area contributed by atoms with E-state index in [1.807, 2.05) is 6.92 Å². The molecule has 1 aromatic rings. The van der Waals surface area contributed by atoms with Crippen LogP contribution in [0.25, 0.3) is 0 Å². The number of nitrogens with zero attached hydrogens (tertiary/aromatic N) is 1. The van der Waals surface area contributed by atoms with Crippen LogP contribution in [-0.4, -0.2) is 42.7 Å². The van der Waals surface area contributed by atoms with Gasteiger partial charge >= 0.3 is 5.97 Å². The van der Waals surface area contributed by atoms with Gasteiger partial charge in [0.2, 0.25) is 0 Å². The van der Waals surface area contributed by atoms with Crippen molar-refractivity contribution < 1.29 is 23.4 Å². The Morgan fingerprint density at radius 2 is 2.26 bits per heavy atom. The van der Waals surface area contributed by atoms with Crippen LogP contribution in [-0.2, 0) is 10.0 Å². The number of aliphatic hydroxyl groups excluding tert-OH is 1. The maximum atomic E-state index is 12.0. The molecule has 1 heterocycles. The summed E-state index contributed by atoms with van der Waals surface area (Å²) in [6, 6.07) is 0. The Morgan fingerprint density at radius 3 is 2.79 bits per heavy atom. The van der Waals surface area contributed by atoms with Gasteiger partial charge in [-0.2, -0.15) is 0 Å². The van der Waals surface area contributed by atoms with Gasteiger partial charge in [0.15, 0.2) is 9.90 Å². The highest BCUT2D eigenvalue weighted by molar-refractivity contribution is 7.91. The molecule has 1 atom stereocenters. The van der Waals surface area contributed by atoms with E-state index in [1.165, 1.54) is 5.51 Å². The van der Waals surface area contributed by atoms with Crippen molar-refractivity contribution in [3.8, 4) is 0 Å². The molecule has 9 heteroatoms. The van der Waals surface area contributed by atoms with Gasteiger partial charge in [0.1, 0.15) is 0 Å². The monoisotopic (exact) mass is 308 g/mol. The highest BCUT2D eigenvalue weighted by Crippen LogP contribution is 2.20. The lowest BCUT2D eigenvalue weighted by Gasteiger charge is -2.13. The summed E-state index contributed by atoms with van der Waals surface area (Å²) in [6.07, 6.45) is 1.21. The van der Waals surface area contributed by atoms with Gasteiger partial charge in [-0.1, -0.05) is 13.3 Å². The molecule has 0 radical (unpaired) electrons. The van der Waals surface area contributed by atoms with E-state index in [4.69, 9.17) is 10.2 Å². The second kappa shape index (κ2) is 6.94. The number of carbonyl (C=O) groups is 1. The first-order chi connectivity index (χ1) is 8.92. The third-order valence-electron chi connectivity index (χ3n) is 2.66. The molecule has 1 aromatic heterocycles. The van der Waals surface area contributed by atoms with Crippen molar-refractivity contribution in [2.45, 2.75) is 24.0 Å². The average molecular weight is 308 g/mol. The Labute approximate surface area is 115 Å². The van der Waals surface area contributed by atoms with E-state index in [1.54, 1.807) is 0 Å². The molecule has 0 spiro atoms. The van der Waals surface area contributed by atoms with Gasteiger partial charge in [-0.3, -0.25) is 0 Å². The standard InChI is InChI=1S/C10H16N2O5S2/c1-2-7(3-4-13)5-12-19(16,17)10-8(9(14)15)11-6-18-10/h6-7,12-13H,2-5H2,1H3,(H,14,15). The zero-order chi connectivity index (χ0) is 14.5. The first-order valence-electron chi connectivity index (χ1n) is 5.69. The summed E-state index contributed by atoms with van der Waals surface area (Å²) in [5.41, 5.74) is 0.718. The number of carboxylic acids is 1. The molecule has 0 aromatic carbocycles. The van der Waals surface area contributed by atoms with Crippen LogP contribution in [0.3, 0.4) is 0 Å². The van der Waals surface area contributed by atoms with Gasteiger partial charge in [0.25, 0.3) is 10.0 Å². The Balaban J connectivity index is 2.81. The molecular weight excluding hydrogens is 292 g/mol. The minimum Gasteiger partial charge on any atom is -0.476 e. The Morgan fingerprint density at radius 1 is 1.58 bits per heavy atom. The van der Waals surface area contributed by atoms with Crippen molar-refractivity contribution in [2.75, 3.05) is 13.2 Å². The molecule has 1 unspecified atom stereocenters. The predicted octanol–water partition coefficient (Wildman–Crippen LogP) is 0.528. The van der Waals surface area contributed by atoms with Crippen LogP contribution in [0.2, 0.25) is 0 Å². The van der Waals surface area contributed by atoms with E-state index < -0.39 is 21.7 Å². The van der Waals surface area contributed by atoms with Gasteiger partial charge in [-0.15, -0.1) is 11.3 Å². The molecule has 3 N–H and O–H groups in total. The number of aromatic nitrogens is 1. The number of rotatable bonds is 8. The molecule has 0 fully saturated rings. The first kappa shape index (κ1) is 16.0. The summed E-state index contributed by atoms with van der Waals surface area (Å²) in [7, 11) is -3.87. The number of thiazole rings is 1. The zero-order valence-corrected chi connectivity index (χ0v) is 12.0. The molecule has 0 amide bonds. The van der Waals surface area contributed by atoms with E-state index in [-0.39, 0.29) is 23.3 Å². The number of sulfonamides is 1. The second-order valence-electron chi connectivity index (χ2n) is 3.93. The van der Waals surface area contributed by atoms with Crippen LogP contribution in [0.1, 0.15) is 30.3 Å². The summed E-state index contributed by atoms with van der Waals surface area (Å²) in [5, 5.41) is 17.7. The van der Waals surface area contributed by atoms with Crippen molar-refractivity contribution in [1.82, 2.24) is 9.71 Å². The van der Waals surface area contributed by atoms with E-state index >= 15 is 0 Å². The van der Waals surface area contributed by atoms with E-state index in [0.29, 0.717) is 6.42 Å². The summed E-state index contributed by atoms with van der Waals surface area (Å²) >= 11 is 0.766. The third kappa shape index (κ3) is 4.23. The molecule has 0 aliphatic rings. The second-order valence-corrected chi connectivity index (χ2v) is 6.75. The molecule has 0 bridgehead atoms. The van der Waals surface area contributed by atoms with Crippen LogP contribution in [0.5, 0.6) is 0 Å². The average Bonchev–Trinajstić information content (AvgIpc) is 2.84. The normalized spacial score (nSPS) is 13.4. The fourth-order valence-electron chi connectivity index (χ4n) is 1.49. The SMILES string of the molecule is CCC(CCO)CNS(=O)(=O)c1scnc1C(=O)O. The topological polar surface area (TPSA) is 117 Å². The van der Waals surface area contributed by atoms with Crippen molar-refractivity contribution in [3.63, 3.8) is 0 Å². The molecule has 0 saturated carbocycles. The molecule has 7 nitrogen and oxygen atoms in total. The molecule has 108 valence electrons. The van der Waals surface area contributed by atoms with Gasteiger partial charge < -0.3 is 10.2 Å². The lowest BCUT2D eigenvalue weighted by molar-refractivity contribution is 0.0687. The van der Waals surface area contributed by atoms with Gasteiger partial charge in [0.05, 0.1) is 5.51 Å². The summed E-state index contributed by atoms with van der Waals surface area (Å²) in [4.78, 5) is 14.4. The fraction of sp³-hybridized carbons (Fsp3) is 0.600. The Bertz CT molecular complexity index is 526. The number of carboxylic acid groups (broad SMARTS) is 1. The third-order valence-corrected chi connectivity index (χ3v) is 5.45. The first-order valence-corrected chi connectivity index (χ1v) is 8.06. The minimum atomic E-state index is -3.87. The van der Waals surface area contributed by atoms with Crippen LogP contribution in [0, 0.1) is 5.92 Å². The maximum Gasteiger partial charge on any atom is 0.356 e. The zero-order valence-electron chi connectivity index (χ0n) is 10.4. The summed E-state index contributed by atoms with van der Waals surface area (Å²) in [6.45, 7) is 2.04. The number of aromatic carboxylic acids is 1. The summed E-state index contributed by atoms with van der Waals surface area (Å²) in [5.74, 6) is -1.36. The number of hydrogen-bond donors (Lipinski definition) is 3. The van der Waals surface area contributed by atoms with E-state index in [9.17, 15) is 13.2 Å². The van der Waals surface area contributed by atoms with E-state index in [0.717, 1.165) is 17.8 Å². The molecule has 19 heavy (non-hydrogen) atoms. The highest BCUT2D eigenvalue weighted by Gasteiger charge is 2.26. The van der Waals surface area contributed by atoms with Crippen molar-refractivity contribution in [2.24, 2.45) is 5.92 Å². The smallest absolute Gasteiger partial charge is 0.356 e. The van der Waals surface area contributed by atoms with Crippen molar-refractivity contribution in [3.05, 3.63) is 11.2 Å². The minimum absolute atomic E-state index is 0.0127. The lowest BCUT2D eigenvalue weighted by Crippen LogP contribution is -2.30. The summed E-state index contributed by atoms with van der Waals surface area (Å²) < 4.78 is 26.0. The molecular formula is C10H16N2O5S2. The number of hydrogen-bond acceptors (Lipinski definition) is 6. The van der Waals surface area contributed by atoms with Crippen LogP contribution < -0.4 is 4.72 Å². The Hall–Kier alpha value is -1.03. The predicted molar refractivity (Wildman–Crippen MR) is 69.7 cm³/mol. The number of nitrogens with one attached hydrogen (secondary N) is 1.